The van der Waals surface area contributed by atoms with E-state index in [-0.39, 0.29) is 0 Å². The molecule has 132 valence electrons. The minimum Gasteiger partial charge on any atom is -0.368 e. The van der Waals surface area contributed by atoms with E-state index in [0.29, 0.717) is 5.92 Å². The summed E-state index contributed by atoms with van der Waals surface area (Å²) in [6, 6.07) is 12.4. The van der Waals surface area contributed by atoms with Gasteiger partial charge >= 0.3 is 0 Å². The molecule has 0 saturated carbocycles. The summed E-state index contributed by atoms with van der Waals surface area (Å²) in [5.41, 5.74) is 4.08. The molecule has 0 fully saturated rings. The number of unbranched alkanes of at least 4 members (excludes halogenated alkanes) is 1. The normalized spacial score (nSPS) is 12.4. The van der Waals surface area contributed by atoms with Crippen LogP contribution in [0, 0.1) is 12.8 Å². The first-order valence-corrected chi connectivity index (χ1v) is 9.37. The lowest BCUT2D eigenvalue weighted by Gasteiger charge is -2.17. The van der Waals surface area contributed by atoms with Gasteiger partial charge in [-0.15, -0.1) is 0 Å². The molecule has 0 saturated heterocycles. The van der Waals surface area contributed by atoms with Gasteiger partial charge in [0.05, 0.1) is 11.4 Å². The molecule has 0 bridgehead atoms. The van der Waals surface area contributed by atoms with Gasteiger partial charge in [-0.1, -0.05) is 63.4 Å². The van der Waals surface area contributed by atoms with Crippen LogP contribution in [-0.4, -0.2) is 21.5 Å². The highest BCUT2D eigenvalue weighted by Crippen LogP contribution is 2.32. The minimum atomic E-state index is 0.685. The predicted octanol–water partition coefficient (Wildman–Crippen LogP) is 5.51. The van der Waals surface area contributed by atoms with Gasteiger partial charge in [0, 0.05) is 12.1 Å². The highest BCUT2D eigenvalue weighted by atomic mass is 15.1. The maximum Gasteiger partial charge on any atom is 0.156 e. The van der Waals surface area contributed by atoms with Crippen LogP contribution in [0.1, 0.15) is 45.4 Å². The molecule has 4 nitrogen and oxygen atoms in total. The third-order valence-corrected chi connectivity index (χ3v) is 4.76. The van der Waals surface area contributed by atoms with E-state index in [4.69, 9.17) is 4.98 Å². The lowest BCUT2D eigenvalue weighted by molar-refractivity contribution is 0.472. The van der Waals surface area contributed by atoms with E-state index in [9.17, 15) is 0 Å². The molecule has 25 heavy (non-hydrogen) atoms. The molecule has 1 aromatic rings. The largest absolute Gasteiger partial charge is 0.368 e. The number of anilines is 1. The van der Waals surface area contributed by atoms with E-state index in [0.717, 1.165) is 40.8 Å². The molecule has 3 rings (SSSR count). The third kappa shape index (κ3) is 4.19. The fraction of sp³-hybridized carbons (Fsp3) is 0.429. The maximum absolute atomic E-state index is 4.83. The second-order valence-corrected chi connectivity index (χ2v) is 6.74. The Morgan fingerprint density at radius 3 is 2.64 bits per heavy atom. The van der Waals surface area contributed by atoms with Gasteiger partial charge in [0.1, 0.15) is 11.5 Å². The molecular formula is C21H28N4. The van der Waals surface area contributed by atoms with Crippen LogP contribution in [0.4, 0.5) is 5.82 Å². The van der Waals surface area contributed by atoms with E-state index in [2.05, 4.69) is 47.3 Å². The van der Waals surface area contributed by atoms with Crippen LogP contribution in [0.5, 0.6) is 0 Å². The summed E-state index contributed by atoms with van der Waals surface area (Å²) in [4.78, 5) is 12.8. The number of rotatable bonds is 8. The molecule has 0 aromatic heterocycles. The first-order chi connectivity index (χ1) is 12.2. The number of benzene rings is 1. The number of nitrogens with one attached hydrogen (secondary N) is 2. The fourth-order valence-electron chi connectivity index (χ4n) is 3.20. The molecule has 0 spiro atoms. The average Bonchev–Trinajstić information content (AvgIpc) is 3.06. The van der Waals surface area contributed by atoms with Crippen LogP contribution in [0.2, 0.25) is 0 Å². The van der Waals surface area contributed by atoms with Gasteiger partial charge in [-0.3, -0.25) is 0 Å². The molecule has 1 unspecified atom stereocenters. The van der Waals surface area contributed by atoms with Crippen LogP contribution >= 0.6 is 0 Å². The number of aromatic nitrogens is 3. The number of nitrogens with zero attached hydrogens (tertiary/aromatic N) is 2. The van der Waals surface area contributed by atoms with E-state index in [1.165, 1.54) is 25.7 Å². The highest BCUT2D eigenvalue weighted by molar-refractivity contribution is 5.77. The Morgan fingerprint density at radius 2 is 1.92 bits per heavy atom. The first-order valence-electron chi connectivity index (χ1n) is 9.37. The summed E-state index contributed by atoms with van der Waals surface area (Å²) in [5.74, 6) is 2.48. The Hall–Kier alpha value is -2.36. The molecule has 0 amide bonds. The zero-order chi connectivity index (χ0) is 17.6. The molecule has 0 radical (unpaired) electrons. The summed E-state index contributed by atoms with van der Waals surface area (Å²) in [7, 11) is 0. The molecule has 1 atom stereocenters. The van der Waals surface area contributed by atoms with Gasteiger partial charge in [-0.2, -0.15) is 0 Å². The monoisotopic (exact) mass is 336 g/mol. The lowest BCUT2D eigenvalue weighted by Crippen LogP contribution is -2.16. The number of hydrogen-bond donors (Lipinski definition) is 2. The zero-order valence-corrected chi connectivity index (χ0v) is 15.5. The van der Waals surface area contributed by atoms with E-state index < -0.39 is 0 Å². The number of fused-ring (bicyclic) bond motifs is 1. The second-order valence-electron chi connectivity index (χ2n) is 6.74. The third-order valence-electron chi connectivity index (χ3n) is 4.76. The Labute approximate surface area is 150 Å². The Kier molecular flexibility index (Phi) is 5.69. The van der Waals surface area contributed by atoms with Crippen molar-refractivity contribution in [1.29, 1.82) is 0 Å². The van der Waals surface area contributed by atoms with Gasteiger partial charge in [-0.25, -0.2) is 9.97 Å². The molecule has 2 N–H and O–H groups in total. The quantitative estimate of drug-likeness (QED) is 0.570. The van der Waals surface area contributed by atoms with Crippen LogP contribution in [0.3, 0.4) is 0 Å². The number of aryl methyl sites for hydroxylation is 1. The summed E-state index contributed by atoms with van der Waals surface area (Å²) in [6.07, 6.45) is 5.00. The van der Waals surface area contributed by atoms with Gasteiger partial charge in [0.2, 0.25) is 0 Å². The van der Waals surface area contributed by atoms with Crippen molar-refractivity contribution in [2.45, 2.75) is 46.5 Å². The molecule has 2 aliphatic heterocycles. The Morgan fingerprint density at radius 1 is 1.12 bits per heavy atom. The summed E-state index contributed by atoms with van der Waals surface area (Å²) in [6.45, 7) is 7.47. The van der Waals surface area contributed by atoms with Crippen LogP contribution in [-0.2, 0) is 0 Å². The topological polar surface area (TPSA) is 53.6 Å². The van der Waals surface area contributed by atoms with Gasteiger partial charge in [-0.05, 0) is 25.3 Å². The van der Waals surface area contributed by atoms with Crippen LogP contribution < -0.4 is 5.32 Å². The van der Waals surface area contributed by atoms with Crippen molar-refractivity contribution in [3.05, 3.63) is 42.2 Å². The van der Waals surface area contributed by atoms with Crippen molar-refractivity contribution in [3.8, 4) is 22.6 Å². The van der Waals surface area contributed by atoms with Crippen LogP contribution in [0.25, 0.3) is 22.6 Å². The van der Waals surface area contributed by atoms with Crippen LogP contribution in [0.15, 0.2) is 36.4 Å². The smallest absolute Gasteiger partial charge is 0.156 e. The number of aromatic amines is 1. The van der Waals surface area contributed by atoms with Crippen molar-refractivity contribution >= 4 is 5.82 Å². The molecule has 2 aliphatic rings. The lowest BCUT2D eigenvalue weighted by atomic mass is 9.99. The van der Waals surface area contributed by atoms with Crippen molar-refractivity contribution in [2.75, 3.05) is 11.9 Å². The molecule has 1 aromatic carbocycles. The molecular weight excluding hydrogens is 308 g/mol. The Bertz CT molecular complexity index is 763. The standard InChI is InChI=1S/C21H28N4/c1-4-6-10-16(5-2)14-22-21-20-19(23-15(3)24-21)13-18(25-20)17-11-8-7-9-12-17/h7-9,11-13,16,22H,4-6,10,14H2,1-3H3,(H,23,24). The van der Waals surface area contributed by atoms with Crippen molar-refractivity contribution < 1.29 is 0 Å². The average molecular weight is 336 g/mol. The van der Waals surface area contributed by atoms with E-state index in [1.54, 1.807) is 0 Å². The summed E-state index contributed by atoms with van der Waals surface area (Å²) < 4.78 is 0. The fourth-order valence-corrected chi connectivity index (χ4v) is 3.20. The maximum atomic E-state index is 4.83. The van der Waals surface area contributed by atoms with E-state index >= 15 is 0 Å². The summed E-state index contributed by atoms with van der Waals surface area (Å²) in [5, 5.41) is 3.56. The minimum absolute atomic E-state index is 0.685. The van der Waals surface area contributed by atoms with Crippen molar-refractivity contribution in [2.24, 2.45) is 5.92 Å². The Balaban J connectivity index is 1.84. The van der Waals surface area contributed by atoms with Gasteiger partial charge in [0.25, 0.3) is 0 Å². The molecule has 2 heterocycles. The highest BCUT2D eigenvalue weighted by Gasteiger charge is 2.18. The van der Waals surface area contributed by atoms with E-state index in [1.807, 2.05) is 25.1 Å². The van der Waals surface area contributed by atoms with Crippen molar-refractivity contribution in [3.63, 3.8) is 0 Å². The zero-order valence-electron chi connectivity index (χ0n) is 15.5. The SMILES string of the molecule is CCCCC(CC)CNc1nc(C)[nH]c2cc(-c3ccccc3)nc1-2. The predicted molar refractivity (Wildman–Crippen MR) is 105 cm³/mol. The summed E-state index contributed by atoms with van der Waals surface area (Å²) >= 11 is 0. The molecule has 0 aliphatic carbocycles. The molecule has 4 heteroatoms. The second kappa shape index (κ2) is 8.15. The van der Waals surface area contributed by atoms with Gasteiger partial charge in [0.15, 0.2) is 5.82 Å². The number of hydrogen-bond acceptors (Lipinski definition) is 3. The first kappa shape index (κ1) is 17.5. The van der Waals surface area contributed by atoms with Gasteiger partial charge < -0.3 is 10.3 Å². The number of H-pyrrole nitrogens is 1. The van der Waals surface area contributed by atoms with Crippen molar-refractivity contribution in [1.82, 2.24) is 15.0 Å².